The third-order valence-corrected chi connectivity index (χ3v) is 2.10. The van der Waals surface area contributed by atoms with Crippen molar-refractivity contribution in [3.63, 3.8) is 0 Å². The van der Waals surface area contributed by atoms with E-state index in [4.69, 9.17) is 4.74 Å². The number of hydrogen-bond acceptors (Lipinski definition) is 7. The summed E-state index contributed by atoms with van der Waals surface area (Å²) in [6.45, 7) is 2.72. The van der Waals surface area contributed by atoms with Gasteiger partial charge in [-0.15, -0.1) is 0 Å². The van der Waals surface area contributed by atoms with Gasteiger partial charge in [-0.1, -0.05) is 13.8 Å². The smallest absolute Gasteiger partial charge is 0.427 e. The fraction of sp³-hybridized carbons (Fsp3) is 0.333. The molecule has 0 aromatic heterocycles. The van der Waals surface area contributed by atoms with E-state index in [-0.39, 0.29) is 23.5 Å². The molecule has 0 fully saturated rings. The maximum atomic E-state index is 11.2. The molecule has 9 nitrogen and oxygen atoms in total. The van der Waals surface area contributed by atoms with Gasteiger partial charge in [0.2, 0.25) is 6.79 Å². The van der Waals surface area contributed by atoms with Gasteiger partial charge in [0, 0.05) is 18.3 Å². The topological polar surface area (TPSA) is 135 Å². The van der Waals surface area contributed by atoms with Crippen molar-refractivity contribution in [1.82, 2.24) is 6.15 Å². The molecule has 3 radical (unpaired) electrons. The third-order valence-electron chi connectivity index (χ3n) is 2.10. The molecule has 0 amide bonds. The summed E-state index contributed by atoms with van der Waals surface area (Å²) in [5.74, 6) is -0.756. The molecule has 1 aromatic carbocycles. The first kappa shape index (κ1) is 18.3. The van der Waals surface area contributed by atoms with Gasteiger partial charge < -0.3 is 14.2 Å². The van der Waals surface area contributed by atoms with Crippen LogP contribution in [0.4, 0.5) is 10.5 Å². The third kappa shape index (κ3) is 6.34. The second-order valence-electron chi connectivity index (χ2n) is 3.98. The standard InChI is InChI=1S/C12H13NO7.N/c1-8(2)11(14)18-7-19-12(15)20-10-5-3-9(4-6-10)13(16)17;/h3-6,8H,7H2,1-2H3;. The Labute approximate surface area is 120 Å². The molecule has 21 heavy (non-hydrogen) atoms. The molecule has 0 heterocycles. The van der Waals surface area contributed by atoms with Crippen LogP contribution in [0.2, 0.25) is 0 Å². The quantitative estimate of drug-likeness (QED) is 0.265. The minimum atomic E-state index is -1.07. The van der Waals surface area contributed by atoms with Crippen LogP contribution in [0.3, 0.4) is 0 Å². The predicted octanol–water partition coefficient (Wildman–Crippen LogP) is 1.79. The van der Waals surface area contributed by atoms with Crippen molar-refractivity contribution in [2.75, 3.05) is 6.79 Å². The van der Waals surface area contributed by atoms with Gasteiger partial charge in [-0.3, -0.25) is 14.9 Å². The fourth-order valence-corrected chi connectivity index (χ4v) is 1.06. The highest BCUT2D eigenvalue weighted by Gasteiger charge is 2.12. The maximum Gasteiger partial charge on any atom is 0.516 e. The van der Waals surface area contributed by atoms with E-state index in [1.165, 1.54) is 24.3 Å². The largest absolute Gasteiger partial charge is 0.516 e. The molecule has 0 aliphatic heterocycles. The maximum absolute atomic E-state index is 11.2. The minimum Gasteiger partial charge on any atom is -0.427 e. The van der Waals surface area contributed by atoms with Crippen molar-refractivity contribution in [3.8, 4) is 5.75 Å². The summed E-state index contributed by atoms with van der Waals surface area (Å²) in [5, 5.41) is 10.4. The number of carbonyl (C=O) groups excluding carboxylic acids is 2. The monoisotopic (exact) mass is 297 g/mol. The first-order chi connectivity index (χ1) is 9.40. The Morgan fingerprint density at radius 2 is 1.76 bits per heavy atom. The molecule has 1 rings (SSSR count). The van der Waals surface area contributed by atoms with Crippen LogP contribution in [0.5, 0.6) is 5.75 Å². The van der Waals surface area contributed by atoms with Crippen molar-refractivity contribution < 1.29 is 28.7 Å². The van der Waals surface area contributed by atoms with E-state index in [0.717, 1.165) is 0 Å². The lowest BCUT2D eigenvalue weighted by molar-refractivity contribution is -0.384. The summed E-state index contributed by atoms with van der Waals surface area (Å²) < 4.78 is 13.8. The Balaban J connectivity index is 0.00000400. The minimum absolute atomic E-state index is 0. The Morgan fingerprint density at radius 3 is 2.24 bits per heavy atom. The number of nitro benzene ring substituents is 1. The summed E-state index contributed by atoms with van der Waals surface area (Å²) in [6, 6.07) is 4.86. The van der Waals surface area contributed by atoms with Gasteiger partial charge in [0.05, 0.1) is 10.8 Å². The molecule has 0 saturated heterocycles. The molecule has 0 unspecified atom stereocenters. The molecule has 0 bridgehead atoms. The molecule has 0 N–H and O–H groups in total. The van der Waals surface area contributed by atoms with Crippen LogP contribution in [0, 0.1) is 16.0 Å². The second kappa shape index (κ2) is 8.48. The van der Waals surface area contributed by atoms with Crippen molar-refractivity contribution in [2.45, 2.75) is 13.8 Å². The number of carbonyl (C=O) groups is 2. The van der Waals surface area contributed by atoms with Gasteiger partial charge in [0.25, 0.3) is 5.69 Å². The fourth-order valence-electron chi connectivity index (χ4n) is 1.06. The number of rotatable bonds is 5. The number of benzene rings is 1. The van der Waals surface area contributed by atoms with E-state index in [9.17, 15) is 19.7 Å². The highest BCUT2D eigenvalue weighted by Crippen LogP contribution is 2.17. The molecule has 0 atom stereocenters. The highest BCUT2D eigenvalue weighted by molar-refractivity contribution is 5.71. The van der Waals surface area contributed by atoms with Crippen LogP contribution >= 0.6 is 0 Å². The predicted molar refractivity (Wildman–Crippen MR) is 68.1 cm³/mol. The molecular formula is C12H13N2O7. The Hall–Kier alpha value is -2.68. The van der Waals surface area contributed by atoms with Gasteiger partial charge in [-0.25, -0.2) is 4.79 Å². The lowest BCUT2D eigenvalue weighted by Gasteiger charge is -2.08. The van der Waals surface area contributed by atoms with Gasteiger partial charge in [0.1, 0.15) is 5.75 Å². The molecule has 0 saturated carbocycles. The molecule has 113 valence electrons. The lowest BCUT2D eigenvalue weighted by Crippen LogP contribution is -2.18. The van der Waals surface area contributed by atoms with E-state index in [1.807, 2.05) is 0 Å². The zero-order valence-electron chi connectivity index (χ0n) is 11.3. The van der Waals surface area contributed by atoms with E-state index >= 15 is 0 Å². The van der Waals surface area contributed by atoms with Crippen molar-refractivity contribution >= 4 is 17.8 Å². The first-order valence-electron chi connectivity index (χ1n) is 5.66. The van der Waals surface area contributed by atoms with Gasteiger partial charge >= 0.3 is 12.1 Å². The Kier molecular flexibility index (Phi) is 7.40. The molecule has 0 aliphatic rings. The molecule has 0 spiro atoms. The lowest BCUT2D eigenvalue weighted by atomic mass is 10.2. The number of nitrogens with zero attached hydrogens (tertiary/aromatic N) is 2. The van der Waals surface area contributed by atoms with Gasteiger partial charge in [-0.2, -0.15) is 0 Å². The second-order valence-corrected chi connectivity index (χ2v) is 3.98. The van der Waals surface area contributed by atoms with Crippen molar-refractivity contribution in [2.24, 2.45) is 5.92 Å². The highest BCUT2D eigenvalue weighted by atomic mass is 16.8. The van der Waals surface area contributed by atoms with Crippen LogP contribution in [0.1, 0.15) is 13.8 Å². The number of ether oxygens (including phenoxy) is 3. The summed E-state index contributed by atoms with van der Waals surface area (Å²) in [6.07, 6.45) is -1.07. The number of nitro groups is 1. The normalized spacial score (nSPS) is 9.48. The SMILES string of the molecule is CC(C)C(=O)OCOC(=O)Oc1ccc([N+](=O)[O-])cc1.[N]. The Morgan fingerprint density at radius 1 is 1.19 bits per heavy atom. The average Bonchev–Trinajstić information content (AvgIpc) is 2.39. The number of hydrogen-bond donors (Lipinski definition) is 0. The molecule has 1 aromatic rings. The number of esters is 1. The average molecular weight is 297 g/mol. The summed E-state index contributed by atoms with van der Waals surface area (Å²) in [7, 11) is 0. The van der Waals surface area contributed by atoms with E-state index in [2.05, 4.69) is 9.47 Å². The van der Waals surface area contributed by atoms with Gasteiger partial charge in [0.15, 0.2) is 0 Å². The first-order valence-corrected chi connectivity index (χ1v) is 5.66. The van der Waals surface area contributed by atoms with Crippen LogP contribution < -0.4 is 10.9 Å². The van der Waals surface area contributed by atoms with Crippen LogP contribution in [-0.4, -0.2) is 23.8 Å². The van der Waals surface area contributed by atoms with Gasteiger partial charge in [-0.05, 0) is 12.1 Å². The van der Waals surface area contributed by atoms with Crippen LogP contribution in [0.15, 0.2) is 24.3 Å². The van der Waals surface area contributed by atoms with E-state index < -0.39 is 23.8 Å². The van der Waals surface area contributed by atoms with Crippen LogP contribution in [0.25, 0.3) is 0 Å². The zero-order chi connectivity index (χ0) is 15.1. The van der Waals surface area contributed by atoms with Crippen LogP contribution in [-0.2, 0) is 14.3 Å². The van der Waals surface area contributed by atoms with E-state index in [0.29, 0.717) is 0 Å². The zero-order valence-corrected chi connectivity index (χ0v) is 11.3. The van der Waals surface area contributed by atoms with E-state index in [1.54, 1.807) is 13.8 Å². The number of non-ortho nitro benzene ring substituents is 1. The molecule has 0 aliphatic carbocycles. The summed E-state index contributed by atoms with van der Waals surface area (Å²) >= 11 is 0. The molecular weight excluding hydrogens is 284 g/mol. The Bertz CT molecular complexity index is 499. The summed E-state index contributed by atoms with van der Waals surface area (Å²) in [4.78, 5) is 32.1. The van der Waals surface area contributed by atoms with Crippen molar-refractivity contribution in [1.29, 1.82) is 0 Å². The summed E-state index contributed by atoms with van der Waals surface area (Å²) in [5.41, 5.74) is -0.128. The molecule has 9 heteroatoms. The van der Waals surface area contributed by atoms with Crippen molar-refractivity contribution in [3.05, 3.63) is 34.4 Å².